The number of nitrogens with zero attached hydrogens (tertiary/aromatic N) is 1. The minimum Gasteiger partial charge on any atom is -0.466 e. The van der Waals surface area contributed by atoms with Crippen LogP contribution >= 0.6 is 15.9 Å². The predicted molar refractivity (Wildman–Crippen MR) is 90.6 cm³/mol. The Morgan fingerprint density at radius 3 is 2.78 bits per heavy atom. The van der Waals surface area contributed by atoms with Gasteiger partial charge in [0.05, 0.1) is 12.8 Å². The molecule has 1 unspecified atom stereocenters. The monoisotopic (exact) mass is 383 g/mol. The van der Waals surface area contributed by atoms with Crippen molar-refractivity contribution >= 4 is 21.9 Å². The van der Waals surface area contributed by atoms with E-state index in [4.69, 9.17) is 4.42 Å². The molecule has 5 nitrogen and oxygen atoms in total. The smallest absolute Gasteiger partial charge is 0.191 e. The molecule has 0 amide bonds. The van der Waals surface area contributed by atoms with E-state index in [1.54, 1.807) is 26.1 Å². The molecule has 0 aliphatic carbocycles. The number of hydrogen-bond acceptors (Lipinski definition) is 3. The summed E-state index contributed by atoms with van der Waals surface area (Å²) < 4.78 is 19.3. The number of nitrogens with one attached hydrogen (secondary N) is 2. The molecule has 2 aromatic rings. The van der Waals surface area contributed by atoms with Crippen molar-refractivity contribution in [1.29, 1.82) is 0 Å². The van der Waals surface area contributed by atoms with Gasteiger partial charge in [0, 0.05) is 18.1 Å². The Bertz CT molecular complexity index is 652. The van der Waals surface area contributed by atoms with E-state index >= 15 is 0 Å². The molecule has 2 rings (SSSR count). The predicted octanol–water partition coefficient (Wildman–Crippen LogP) is 2.75. The minimum atomic E-state index is -1.16. The number of aliphatic hydroxyl groups is 1. The lowest BCUT2D eigenvalue weighted by molar-refractivity contribution is 0.0386. The number of benzene rings is 1. The molecule has 124 valence electrons. The standard InChI is InChI=1S/C16H19BrFN3O2/c1-16(22,14-4-3-5-23-14)10-21-15(19-2)20-9-11-6-12(17)8-13(18)7-11/h3-8,22H,9-10H2,1-2H3,(H2,19,20,21). The van der Waals surface area contributed by atoms with Gasteiger partial charge in [0.1, 0.15) is 17.2 Å². The van der Waals surface area contributed by atoms with Crippen LogP contribution in [0.2, 0.25) is 0 Å². The second-order valence-corrected chi connectivity index (χ2v) is 6.22. The third-order valence-corrected chi connectivity index (χ3v) is 3.72. The summed E-state index contributed by atoms with van der Waals surface area (Å²) in [6.45, 7) is 2.27. The molecule has 0 radical (unpaired) electrons. The third kappa shape index (κ3) is 5.07. The summed E-state index contributed by atoms with van der Waals surface area (Å²) in [5.74, 6) is 0.659. The number of rotatable bonds is 5. The summed E-state index contributed by atoms with van der Waals surface area (Å²) in [6, 6.07) is 8.10. The van der Waals surface area contributed by atoms with Crippen molar-refractivity contribution < 1.29 is 13.9 Å². The molecule has 0 spiro atoms. The molecule has 3 N–H and O–H groups in total. The number of guanidine groups is 1. The van der Waals surface area contributed by atoms with Gasteiger partial charge < -0.3 is 20.2 Å². The SMILES string of the molecule is CN=C(NCc1cc(F)cc(Br)c1)NCC(C)(O)c1ccco1. The molecular weight excluding hydrogens is 365 g/mol. The zero-order valence-electron chi connectivity index (χ0n) is 12.9. The lowest BCUT2D eigenvalue weighted by atomic mass is 10.0. The number of aliphatic imine (C=N–C) groups is 1. The van der Waals surface area contributed by atoms with Crippen molar-refractivity contribution in [2.45, 2.75) is 19.1 Å². The topological polar surface area (TPSA) is 69.8 Å². The van der Waals surface area contributed by atoms with Crippen molar-refractivity contribution in [2.75, 3.05) is 13.6 Å². The number of furan rings is 1. The van der Waals surface area contributed by atoms with E-state index in [0.29, 0.717) is 22.7 Å². The van der Waals surface area contributed by atoms with Crippen molar-refractivity contribution in [1.82, 2.24) is 10.6 Å². The Morgan fingerprint density at radius 2 is 2.17 bits per heavy atom. The number of halogens is 2. The van der Waals surface area contributed by atoms with Gasteiger partial charge in [-0.2, -0.15) is 0 Å². The maximum atomic E-state index is 13.3. The Morgan fingerprint density at radius 1 is 1.39 bits per heavy atom. The van der Waals surface area contributed by atoms with E-state index in [0.717, 1.165) is 5.56 Å². The molecule has 1 atom stereocenters. The highest BCUT2D eigenvalue weighted by Gasteiger charge is 2.26. The van der Waals surface area contributed by atoms with E-state index in [1.165, 1.54) is 18.4 Å². The van der Waals surface area contributed by atoms with Crippen molar-refractivity contribution in [3.63, 3.8) is 0 Å². The lowest BCUT2D eigenvalue weighted by Crippen LogP contribution is -2.44. The Kier molecular flexibility index (Phi) is 5.79. The van der Waals surface area contributed by atoms with Crippen LogP contribution in [0.4, 0.5) is 4.39 Å². The van der Waals surface area contributed by atoms with Crippen LogP contribution in [0.15, 0.2) is 50.5 Å². The Hall–Kier alpha value is -1.86. The van der Waals surface area contributed by atoms with Crippen LogP contribution in [0, 0.1) is 5.82 Å². The van der Waals surface area contributed by atoms with Gasteiger partial charge in [-0.25, -0.2) is 4.39 Å². The highest BCUT2D eigenvalue weighted by Crippen LogP contribution is 2.19. The molecule has 23 heavy (non-hydrogen) atoms. The van der Waals surface area contributed by atoms with Crippen LogP contribution < -0.4 is 10.6 Å². The fraction of sp³-hybridized carbons (Fsp3) is 0.312. The highest BCUT2D eigenvalue weighted by atomic mass is 79.9. The highest BCUT2D eigenvalue weighted by molar-refractivity contribution is 9.10. The summed E-state index contributed by atoms with van der Waals surface area (Å²) in [4.78, 5) is 4.08. The molecule has 0 saturated carbocycles. The van der Waals surface area contributed by atoms with E-state index < -0.39 is 5.60 Å². The van der Waals surface area contributed by atoms with Crippen LogP contribution in [0.3, 0.4) is 0 Å². The second kappa shape index (κ2) is 7.61. The van der Waals surface area contributed by atoms with E-state index in [9.17, 15) is 9.50 Å². The molecule has 0 aliphatic rings. The third-order valence-electron chi connectivity index (χ3n) is 3.26. The first-order chi connectivity index (χ1) is 10.9. The Labute approximate surface area is 142 Å². The average Bonchev–Trinajstić information content (AvgIpc) is 3.01. The van der Waals surface area contributed by atoms with Crippen LogP contribution in [0.25, 0.3) is 0 Å². The van der Waals surface area contributed by atoms with Crippen molar-refractivity contribution in [2.24, 2.45) is 4.99 Å². The van der Waals surface area contributed by atoms with Gasteiger partial charge in [-0.3, -0.25) is 4.99 Å². The first-order valence-corrected chi connectivity index (χ1v) is 7.86. The molecular formula is C16H19BrFN3O2. The van der Waals surface area contributed by atoms with E-state index in [-0.39, 0.29) is 12.4 Å². The largest absolute Gasteiger partial charge is 0.466 e. The van der Waals surface area contributed by atoms with Crippen LogP contribution in [0.1, 0.15) is 18.2 Å². The molecule has 1 aromatic heterocycles. The zero-order chi connectivity index (χ0) is 16.9. The average molecular weight is 384 g/mol. The Balaban J connectivity index is 1.91. The van der Waals surface area contributed by atoms with E-state index in [1.807, 2.05) is 6.07 Å². The fourth-order valence-corrected chi connectivity index (χ4v) is 2.56. The van der Waals surface area contributed by atoms with Crippen molar-refractivity contribution in [3.05, 3.63) is 58.2 Å². The van der Waals surface area contributed by atoms with Crippen LogP contribution in [-0.2, 0) is 12.1 Å². The summed E-state index contributed by atoms with van der Waals surface area (Å²) in [5.41, 5.74) is -0.388. The summed E-state index contributed by atoms with van der Waals surface area (Å²) in [5, 5.41) is 16.5. The van der Waals surface area contributed by atoms with Gasteiger partial charge in [-0.1, -0.05) is 15.9 Å². The quantitative estimate of drug-likeness (QED) is 0.548. The van der Waals surface area contributed by atoms with Gasteiger partial charge in [-0.15, -0.1) is 0 Å². The van der Waals surface area contributed by atoms with Gasteiger partial charge in [0.2, 0.25) is 0 Å². The van der Waals surface area contributed by atoms with Gasteiger partial charge in [0.15, 0.2) is 5.96 Å². The van der Waals surface area contributed by atoms with Crippen LogP contribution in [-0.4, -0.2) is 24.7 Å². The minimum absolute atomic E-state index is 0.215. The molecule has 0 bridgehead atoms. The van der Waals surface area contributed by atoms with Gasteiger partial charge >= 0.3 is 0 Å². The number of hydrogen-bond donors (Lipinski definition) is 3. The van der Waals surface area contributed by atoms with E-state index in [2.05, 4.69) is 31.6 Å². The summed E-state index contributed by atoms with van der Waals surface area (Å²) >= 11 is 3.26. The van der Waals surface area contributed by atoms with Crippen LogP contribution in [0.5, 0.6) is 0 Å². The molecule has 7 heteroatoms. The molecule has 0 aliphatic heterocycles. The zero-order valence-corrected chi connectivity index (χ0v) is 14.5. The summed E-state index contributed by atoms with van der Waals surface area (Å²) in [6.07, 6.45) is 1.51. The second-order valence-electron chi connectivity index (χ2n) is 5.31. The fourth-order valence-electron chi connectivity index (χ4n) is 2.05. The molecule has 1 aromatic carbocycles. The first-order valence-electron chi connectivity index (χ1n) is 7.06. The normalized spacial score (nSPS) is 14.4. The molecule has 0 fully saturated rings. The van der Waals surface area contributed by atoms with Gasteiger partial charge in [-0.05, 0) is 42.8 Å². The lowest BCUT2D eigenvalue weighted by Gasteiger charge is -2.22. The van der Waals surface area contributed by atoms with Gasteiger partial charge in [0.25, 0.3) is 0 Å². The molecule has 1 heterocycles. The maximum Gasteiger partial charge on any atom is 0.191 e. The van der Waals surface area contributed by atoms with Crippen molar-refractivity contribution in [3.8, 4) is 0 Å². The first kappa shape index (κ1) is 17.5. The summed E-state index contributed by atoms with van der Waals surface area (Å²) in [7, 11) is 1.62. The molecule has 0 saturated heterocycles. The maximum absolute atomic E-state index is 13.3.